The van der Waals surface area contributed by atoms with Crippen LogP contribution in [0.25, 0.3) is 0 Å². The molecule has 1 unspecified atom stereocenters. The van der Waals surface area contributed by atoms with Crippen molar-refractivity contribution < 1.29 is 9.53 Å². The van der Waals surface area contributed by atoms with Crippen LogP contribution >= 0.6 is 23.2 Å². The van der Waals surface area contributed by atoms with Gasteiger partial charge < -0.3 is 10.1 Å². The summed E-state index contributed by atoms with van der Waals surface area (Å²) in [5.74, 6) is 0. The molecule has 0 spiro atoms. The van der Waals surface area contributed by atoms with Gasteiger partial charge in [-0.05, 0) is 31.0 Å². The Hall–Kier alpha value is -0.930. The molecule has 5 heteroatoms. The first-order valence-corrected chi connectivity index (χ1v) is 5.57. The van der Waals surface area contributed by atoms with Crippen LogP contribution in [0.3, 0.4) is 0 Å². The van der Waals surface area contributed by atoms with Crippen LogP contribution in [-0.2, 0) is 11.2 Å². The minimum absolute atomic E-state index is 0.0927. The molecule has 88 valence electrons. The van der Waals surface area contributed by atoms with E-state index < -0.39 is 6.09 Å². The van der Waals surface area contributed by atoms with Crippen molar-refractivity contribution in [2.24, 2.45) is 0 Å². The van der Waals surface area contributed by atoms with Crippen LogP contribution in [0.5, 0.6) is 0 Å². The predicted molar refractivity (Wildman–Crippen MR) is 65.2 cm³/mol. The third-order valence-electron chi connectivity index (χ3n) is 2.12. The van der Waals surface area contributed by atoms with Gasteiger partial charge in [0.1, 0.15) is 0 Å². The summed E-state index contributed by atoms with van der Waals surface area (Å²) in [5, 5.41) is 3.86. The first-order chi connectivity index (χ1) is 7.54. The third-order valence-corrected chi connectivity index (χ3v) is 2.83. The van der Waals surface area contributed by atoms with E-state index in [1.54, 1.807) is 18.2 Å². The molecule has 16 heavy (non-hydrogen) atoms. The van der Waals surface area contributed by atoms with E-state index in [-0.39, 0.29) is 6.04 Å². The summed E-state index contributed by atoms with van der Waals surface area (Å²) in [6, 6.07) is 5.23. The van der Waals surface area contributed by atoms with E-state index in [1.807, 2.05) is 6.92 Å². The first-order valence-electron chi connectivity index (χ1n) is 4.82. The number of nitrogens with one attached hydrogen (secondary N) is 1. The van der Waals surface area contributed by atoms with Crippen LogP contribution in [-0.4, -0.2) is 19.2 Å². The average Bonchev–Trinajstić information content (AvgIpc) is 2.23. The fourth-order valence-corrected chi connectivity index (χ4v) is 1.90. The molecule has 1 amide bonds. The molecule has 1 N–H and O–H groups in total. The SMILES string of the molecule is COC(=O)NC(C)Cc1c(Cl)cccc1Cl. The van der Waals surface area contributed by atoms with Gasteiger partial charge in [-0.3, -0.25) is 0 Å². The van der Waals surface area contributed by atoms with Gasteiger partial charge in [0, 0.05) is 16.1 Å². The highest BCUT2D eigenvalue weighted by atomic mass is 35.5. The third kappa shape index (κ3) is 3.58. The van der Waals surface area contributed by atoms with Gasteiger partial charge in [-0.15, -0.1) is 0 Å². The molecule has 0 radical (unpaired) electrons. The summed E-state index contributed by atoms with van der Waals surface area (Å²) in [7, 11) is 1.32. The van der Waals surface area contributed by atoms with Crippen LogP contribution in [0.1, 0.15) is 12.5 Å². The number of hydrogen-bond acceptors (Lipinski definition) is 2. The van der Waals surface area contributed by atoms with Crippen molar-refractivity contribution >= 4 is 29.3 Å². The quantitative estimate of drug-likeness (QED) is 0.907. The molecular formula is C11H13Cl2NO2. The summed E-state index contributed by atoms with van der Waals surface area (Å²) >= 11 is 12.0. The van der Waals surface area contributed by atoms with Crippen molar-refractivity contribution in [1.29, 1.82) is 0 Å². The molecule has 0 aliphatic rings. The van der Waals surface area contributed by atoms with Crippen molar-refractivity contribution in [3.05, 3.63) is 33.8 Å². The molecule has 1 atom stereocenters. The smallest absolute Gasteiger partial charge is 0.407 e. The molecule has 1 aromatic rings. The number of carbonyl (C=O) groups is 1. The number of hydrogen-bond donors (Lipinski definition) is 1. The number of methoxy groups -OCH3 is 1. The number of benzene rings is 1. The number of carbonyl (C=O) groups excluding carboxylic acids is 1. The lowest BCUT2D eigenvalue weighted by molar-refractivity contribution is 0.167. The van der Waals surface area contributed by atoms with E-state index in [9.17, 15) is 4.79 Å². The molecule has 0 saturated carbocycles. The predicted octanol–water partition coefficient (Wildman–Crippen LogP) is 3.28. The Morgan fingerprint density at radius 2 is 2.00 bits per heavy atom. The zero-order valence-electron chi connectivity index (χ0n) is 9.09. The normalized spacial score (nSPS) is 12.0. The summed E-state index contributed by atoms with van der Waals surface area (Å²) in [5.41, 5.74) is 0.828. The second-order valence-electron chi connectivity index (χ2n) is 3.44. The molecule has 0 heterocycles. The Bertz CT molecular complexity index is 362. The van der Waals surface area contributed by atoms with Crippen LogP contribution in [0.2, 0.25) is 10.0 Å². The lowest BCUT2D eigenvalue weighted by Crippen LogP contribution is -2.34. The Labute approximate surface area is 105 Å². The number of alkyl carbamates (subject to hydrolysis) is 1. The van der Waals surface area contributed by atoms with Crippen molar-refractivity contribution in [1.82, 2.24) is 5.32 Å². The molecule has 3 nitrogen and oxygen atoms in total. The highest BCUT2D eigenvalue weighted by Gasteiger charge is 2.12. The Morgan fingerprint density at radius 3 is 2.50 bits per heavy atom. The van der Waals surface area contributed by atoms with Gasteiger partial charge in [-0.2, -0.15) is 0 Å². The van der Waals surface area contributed by atoms with Gasteiger partial charge in [0.25, 0.3) is 0 Å². The fraction of sp³-hybridized carbons (Fsp3) is 0.364. The fourth-order valence-electron chi connectivity index (χ4n) is 1.34. The van der Waals surface area contributed by atoms with Crippen molar-refractivity contribution in [3.8, 4) is 0 Å². The second-order valence-corrected chi connectivity index (χ2v) is 4.26. The summed E-state index contributed by atoms with van der Waals surface area (Å²) < 4.78 is 4.50. The largest absolute Gasteiger partial charge is 0.453 e. The number of ether oxygens (including phenoxy) is 1. The van der Waals surface area contributed by atoms with E-state index in [1.165, 1.54) is 7.11 Å². The molecular weight excluding hydrogens is 249 g/mol. The van der Waals surface area contributed by atoms with Gasteiger partial charge in [0.15, 0.2) is 0 Å². The monoisotopic (exact) mass is 261 g/mol. The Kier molecular flexibility index (Phi) is 4.90. The van der Waals surface area contributed by atoms with Crippen molar-refractivity contribution in [3.63, 3.8) is 0 Å². The first kappa shape index (κ1) is 13.1. The highest BCUT2D eigenvalue weighted by molar-refractivity contribution is 6.36. The Balaban J connectivity index is 2.69. The van der Waals surface area contributed by atoms with Crippen LogP contribution in [0, 0.1) is 0 Å². The average molecular weight is 262 g/mol. The van der Waals surface area contributed by atoms with E-state index in [4.69, 9.17) is 23.2 Å². The van der Waals surface area contributed by atoms with Gasteiger partial charge in [-0.1, -0.05) is 29.3 Å². The topological polar surface area (TPSA) is 38.3 Å². The van der Waals surface area contributed by atoms with E-state index >= 15 is 0 Å². The van der Waals surface area contributed by atoms with Gasteiger partial charge in [0.2, 0.25) is 0 Å². The Morgan fingerprint density at radius 1 is 1.44 bits per heavy atom. The zero-order chi connectivity index (χ0) is 12.1. The molecule has 0 aliphatic carbocycles. The van der Waals surface area contributed by atoms with Crippen LogP contribution in [0.4, 0.5) is 4.79 Å². The molecule has 0 saturated heterocycles. The summed E-state index contributed by atoms with van der Waals surface area (Å²) in [4.78, 5) is 11.0. The standard InChI is InChI=1S/C11H13Cl2NO2/c1-7(14-11(15)16-2)6-8-9(12)4-3-5-10(8)13/h3-5,7H,6H2,1-2H3,(H,14,15). The molecule has 0 fully saturated rings. The minimum Gasteiger partial charge on any atom is -0.453 e. The summed E-state index contributed by atoms with van der Waals surface area (Å²) in [6.45, 7) is 1.86. The number of amides is 1. The maximum Gasteiger partial charge on any atom is 0.407 e. The molecule has 1 aromatic carbocycles. The molecule has 0 aromatic heterocycles. The molecule has 0 aliphatic heterocycles. The van der Waals surface area contributed by atoms with Gasteiger partial charge >= 0.3 is 6.09 Å². The van der Waals surface area contributed by atoms with E-state index in [0.717, 1.165) is 5.56 Å². The second kappa shape index (κ2) is 5.97. The maximum atomic E-state index is 11.0. The molecule has 0 bridgehead atoms. The van der Waals surface area contributed by atoms with Crippen LogP contribution < -0.4 is 5.32 Å². The van der Waals surface area contributed by atoms with Crippen molar-refractivity contribution in [2.75, 3.05) is 7.11 Å². The van der Waals surface area contributed by atoms with Gasteiger partial charge in [0.05, 0.1) is 7.11 Å². The minimum atomic E-state index is -0.462. The van der Waals surface area contributed by atoms with E-state index in [0.29, 0.717) is 16.5 Å². The van der Waals surface area contributed by atoms with Gasteiger partial charge in [-0.25, -0.2) is 4.79 Å². The van der Waals surface area contributed by atoms with E-state index in [2.05, 4.69) is 10.1 Å². The van der Waals surface area contributed by atoms with Crippen LogP contribution in [0.15, 0.2) is 18.2 Å². The lowest BCUT2D eigenvalue weighted by Gasteiger charge is -2.14. The summed E-state index contributed by atoms with van der Waals surface area (Å²) in [6.07, 6.45) is 0.101. The van der Waals surface area contributed by atoms with Crippen molar-refractivity contribution in [2.45, 2.75) is 19.4 Å². The lowest BCUT2D eigenvalue weighted by atomic mass is 10.1. The molecule has 1 rings (SSSR count). The number of rotatable bonds is 3. The number of halogens is 2. The highest BCUT2D eigenvalue weighted by Crippen LogP contribution is 2.25. The maximum absolute atomic E-state index is 11.0. The zero-order valence-corrected chi connectivity index (χ0v) is 10.6.